The molecule has 1 amide bonds. The molecule has 2 rings (SSSR count). The van der Waals surface area contributed by atoms with Crippen molar-refractivity contribution in [1.82, 2.24) is 5.32 Å². The zero-order valence-electron chi connectivity index (χ0n) is 13.1. The Morgan fingerprint density at radius 1 is 1.38 bits per heavy atom. The Kier molecular flexibility index (Phi) is 5.59. The van der Waals surface area contributed by atoms with Crippen molar-refractivity contribution >= 4 is 17.3 Å². The van der Waals surface area contributed by atoms with Gasteiger partial charge in [0.25, 0.3) is 0 Å². The summed E-state index contributed by atoms with van der Waals surface area (Å²) in [5.41, 5.74) is 3.08. The van der Waals surface area contributed by atoms with E-state index in [9.17, 15) is 4.79 Å². The van der Waals surface area contributed by atoms with Gasteiger partial charge in [0.15, 0.2) is 0 Å². The average molecular weight is 291 g/mol. The topological polar surface area (TPSA) is 53.6 Å². The number of hydrogen-bond acceptors (Lipinski definition) is 4. The maximum atomic E-state index is 12.1. The molecule has 0 saturated heterocycles. The Bertz CT molecular complexity index is 490. The Labute approximate surface area is 126 Å². The summed E-state index contributed by atoms with van der Waals surface area (Å²) in [7, 11) is 1.71. The lowest BCUT2D eigenvalue weighted by Crippen LogP contribution is -2.28. The van der Waals surface area contributed by atoms with Gasteiger partial charge in [-0.2, -0.15) is 0 Å². The predicted molar refractivity (Wildman–Crippen MR) is 85.9 cm³/mol. The number of ether oxygens (including phenoxy) is 1. The highest BCUT2D eigenvalue weighted by molar-refractivity contribution is 6.03. The van der Waals surface area contributed by atoms with Gasteiger partial charge in [0.05, 0.1) is 6.61 Å². The lowest BCUT2D eigenvalue weighted by atomic mass is 10.1. The smallest absolute Gasteiger partial charge is 0.246 e. The van der Waals surface area contributed by atoms with Crippen LogP contribution in [0.5, 0.6) is 0 Å². The number of fused-ring (bicyclic) bond motifs is 1. The lowest BCUT2D eigenvalue weighted by molar-refractivity contribution is -0.117. The summed E-state index contributed by atoms with van der Waals surface area (Å²) in [5, 5.41) is 6.26. The van der Waals surface area contributed by atoms with Crippen LogP contribution in [0.4, 0.5) is 11.4 Å². The maximum Gasteiger partial charge on any atom is 0.246 e. The number of amides is 1. The molecule has 1 atom stereocenters. The van der Waals surface area contributed by atoms with Crippen LogP contribution in [0.15, 0.2) is 18.2 Å². The van der Waals surface area contributed by atoms with E-state index >= 15 is 0 Å². The van der Waals surface area contributed by atoms with Crippen LogP contribution >= 0.6 is 0 Å². The molecule has 0 bridgehead atoms. The third-order valence-electron chi connectivity index (χ3n) is 3.78. The number of nitrogens with zero attached hydrogens (tertiary/aromatic N) is 1. The lowest BCUT2D eigenvalue weighted by Gasteiger charge is -2.23. The highest BCUT2D eigenvalue weighted by Gasteiger charge is 2.30. The highest BCUT2D eigenvalue weighted by Crippen LogP contribution is 2.34. The second-order valence-electron chi connectivity index (χ2n) is 5.22. The van der Waals surface area contributed by atoms with Crippen LogP contribution in [0, 0.1) is 0 Å². The van der Waals surface area contributed by atoms with Crippen molar-refractivity contribution < 1.29 is 9.53 Å². The van der Waals surface area contributed by atoms with Crippen LogP contribution < -0.4 is 15.5 Å². The molecular formula is C16H25N3O2. The molecular weight excluding hydrogens is 266 g/mol. The molecule has 1 unspecified atom stereocenters. The van der Waals surface area contributed by atoms with Crippen molar-refractivity contribution in [2.24, 2.45) is 0 Å². The van der Waals surface area contributed by atoms with Gasteiger partial charge >= 0.3 is 0 Å². The van der Waals surface area contributed by atoms with Gasteiger partial charge in [-0.05, 0) is 32.0 Å². The van der Waals surface area contributed by atoms with Gasteiger partial charge in [0, 0.05) is 37.1 Å². The molecule has 1 aromatic carbocycles. The quantitative estimate of drug-likeness (QED) is 0.770. The van der Waals surface area contributed by atoms with Crippen LogP contribution in [-0.4, -0.2) is 39.3 Å². The van der Waals surface area contributed by atoms with Crippen molar-refractivity contribution in [2.75, 3.05) is 43.6 Å². The van der Waals surface area contributed by atoms with E-state index in [1.165, 1.54) is 0 Å². The molecule has 5 nitrogen and oxygen atoms in total. The molecule has 2 N–H and O–H groups in total. The molecule has 0 radical (unpaired) electrons. The standard InChI is InChI=1S/C16H25N3O2/c1-4-8-17-15-13-7-6-12(11-14(13)18-16(15)20)19(5-2)9-10-21-3/h6-7,11,15,17H,4-5,8-10H2,1-3H3,(H,18,20). The maximum absolute atomic E-state index is 12.1. The van der Waals surface area contributed by atoms with E-state index < -0.39 is 0 Å². The second-order valence-corrected chi connectivity index (χ2v) is 5.22. The number of rotatable bonds is 8. The molecule has 1 aliphatic heterocycles. The highest BCUT2D eigenvalue weighted by atomic mass is 16.5. The number of hydrogen-bond donors (Lipinski definition) is 2. The van der Waals surface area contributed by atoms with Gasteiger partial charge in [-0.25, -0.2) is 0 Å². The molecule has 1 aliphatic rings. The number of carbonyl (C=O) groups is 1. The predicted octanol–water partition coefficient (Wildman–Crippen LogP) is 2.15. The molecule has 1 aromatic rings. The van der Waals surface area contributed by atoms with Crippen molar-refractivity contribution in [3.8, 4) is 0 Å². The van der Waals surface area contributed by atoms with Gasteiger partial charge in [0.1, 0.15) is 6.04 Å². The van der Waals surface area contributed by atoms with Crippen molar-refractivity contribution in [3.05, 3.63) is 23.8 Å². The molecule has 116 valence electrons. The minimum atomic E-state index is -0.219. The number of nitrogens with one attached hydrogen (secondary N) is 2. The van der Waals surface area contributed by atoms with Crippen LogP contribution in [0.1, 0.15) is 31.9 Å². The van der Waals surface area contributed by atoms with Crippen LogP contribution in [0.2, 0.25) is 0 Å². The van der Waals surface area contributed by atoms with E-state index in [4.69, 9.17) is 4.74 Å². The van der Waals surface area contributed by atoms with Crippen molar-refractivity contribution in [3.63, 3.8) is 0 Å². The summed E-state index contributed by atoms with van der Waals surface area (Å²) >= 11 is 0. The monoisotopic (exact) mass is 291 g/mol. The first-order valence-corrected chi connectivity index (χ1v) is 7.63. The summed E-state index contributed by atoms with van der Waals surface area (Å²) in [6, 6.07) is 5.97. The first-order valence-electron chi connectivity index (χ1n) is 7.63. The molecule has 0 aliphatic carbocycles. The number of methoxy groups -OCH3 is 1. The molecule has 5 heteroatoms. The van der Waals surface area contributed by atoms with E-state index in [-0.39, 0.29) is 11.9 Å². The summed E-state index contributed by atoms with van der Waals surface area (Å²) in [6.45, 7) is 7.50. The minimum absolute atomic E-state index is 0.0375. The molecule has 0 aromatic heterocycles. The number of anilines is 2. The van der Waals surface area contributed by atoms with E-state index in [0.717, 1.165) is 43.0 Å². The van der Waals surface area contributed by atoms with Crippen LogP contribution in [0.3, 0.4) is 0 Å². The van der Waals surface area contributed by atoms with Gasteiger partial charge in [-0.1, -0.05) is 13.0 Å². The molecule has 1 heterocycles. The van der Waals surface area contributed by atoms with Gasteiger partial charge in [0.2, 0.25) is 5.91 Å². The molecule has 0 spiro atoms. The zero-order valence-corrected chi connectivity index (χ0v) is 13.1. The van der Waals surface area contributed by atoms with Crippen molar-refractivity contribution in [2.45, 2.75) is 26.3 Å². The summed E-state index contributed by atoms with van der Waals surface area (Å²) in [4.78, 5) is 14.3. The Morgan fingerprint density at radius 2 is 2.19 bits per heavy atom. The van der Waals surface area contributed by atoms with Gasteiger partial charge in [-0.15, -0.1) is 0 Å². The summed E-state index contributed by atoms with van der Waals surface area (Å²) in [6.07, 6.45) is 1.01. The average Bonchev–Trinajstić information content (AvgIpc) is 2.80. The Morgan fingerprint density at radius 3 is 2.86 bits per heavy atom. The molecule has 21 heavy (non-hydrogen) atoms. The van der Waals surface area contributed by atoms with E-state index in [1.54, 1.807) is 7.11 Å². The Balaban J connectivity index is 2.16. The minimum Gasteiger partial charge on any atom is -0.383 e. The summed E-state index contributed by atoms with van der Waals surface area (Å²) in [5.74, 6) is 0.0375. The SMILES string of the molecule is CCCNC1C(=O)Nc2cc(N(CC)CCOC)ccc21. The number of carbonyl (C=O) groups excluding carboxylic acids is 1. The number of likely N-dealkylation sites (N-methyl/N-ethyl adjacent to an activating group) is 1. The van der Waals surface area contributed by atoms with Gasteiger partial charge < -0.3 is 20.3 Å². The van der Waals surface area contributed by atoms with Gasteiger partial charge in [-0.3, -0.25) is 4.79 Å². The molecule has 0 saturated carbocycles. The van der Waals surface area contributed by atoms with Crippen LogP contribution in [-0.2, 0) is 9.53 Å². The van der Waals surface area contributed by atoms with Crippen molar-refractivity contribution in [1.29, 1.82) is 0 Å². The third-order valence-corrected chi connectivity index (χ3v) is 3.78. The fourth-order valence-electron chi connectivity index (χ4n) is 2.61. The van der Waals surface area contributed by atoms with Crippen LogP contribution in [0.25, 0.3) is 0 Å². The van der Waals surface area contributed by atoms with E-state index in [0.29, 0.717) is 6.61 Å². The fraction of sp³-hybridized carbons (Fsp3) is 0.562. The van der Waals surface area contributed by atoms with E-state index in [1.807, 2.05) is 6.07 Å². The second kappa shape index (κ2) is 7.43. The molecule has 0 fully saturated rings. The first kappa shape index (κ1) is 15.8. The summed E-state index contributed by atoms with van der Waals surface area (Å²) < 4.78 is 5.15. The Hall–Kier alpha value is -1.59. The first-order chi connectivity index (χ1) is 10.2. The number of benzene rings is 1. The largest absolute Gasteiger partial charge is 0.383 e. The normalized spacial score (nSPS) is 16.7. The third kappa shape index (κ3) is 3.54. The zero-order chi connectivity index (χ0) is 15.2. The fourth-order valence-corrected chi connectivity index (χ4v) is 2.61. The van der Waals surface area contributed by atoms with E-state index in [2.05, 4.69) is 41.5 Å².